The molecule has 0 spiro atoms. The average Bonchev–Trinajstić information content (AvgIpc) is 3.59. The van der Waals surface area contributed by atoms with Crippen LogP contribution in [0.5, 0.6) is 0 Å². The number of fused-ring (bicyclic) bond motifs is 1. The van der Waals surface area contributed by atoms with Gasteiger partial charge in [0.2, 0.25) is 0 Å². The summed E-state index contributed by atoms with van der Waals surface area (Å²) in [5.41, 5.74) is 10.3. The molecule has 2 aliphatic rings. The largest absolute Gasteiger partial charge is 0.328 e. The van der Waals surface area contributed by atoms with Crippen molar-refractivity contribution < 1.29 is 0 Å². The number of rotatable bonds is 4. The van der Waals surface area contributed by atoms with Gasteiger partial charge in [-0.15, -0.1) is 0 Å². The van der Waals surface area contributed by atoms with Crippen LogP contribution in [0.3, 0.4) is 0 Å². The van der Waals surface area contributed by atoms with Crippen molar-refractivity contribution in [2.24, 2.45) is 0 Å². The molecule has 204 valence electrons. The van der Waals surface area contributed by atoms with Crippen LogP contribution in [0, 0.1) is 0 Å². The summed E-state index contributed by atoms with van der Waals surface area (Å²) in [6.45, 7) is 15.1. The third-order valence-electron chi connectivity index (χ3n) is 8.06. The van der Waals surface area contributed by atoms with Crippen LogP contribution in [0.25, 0.3) is 0 Å². The van der Waals surface area contributed by atoms with Crippen LogP contribution < -0.4 is 19.6 Å². The lowest BCUT2D eigenvalue weighted by Crippen LogP contribution is -2.26. The second-order valence-electron chi connectivity index (χ2n) is 13.0. The van der Waals surface area contributed by atoms with Crippen molar-refractivity contribution in [3.05, 3.63) is 121 Å². The molecule has 4 aromatic rings. The topological polar surface area (TPSA) is 13.0 Å². The smallest absolute Gasteiger partial charge is 0.100 e. The highest BCUT2D eigenvalue weighted by molar-refractivity contribution is 5.87. The lowest BCUT2D eigenvalue weighted by atomic mass is 9.87. The lowest BCUT2D eigenvalue weighted by Gasteiger charge is -2.26. The number of benzene rings is 4. The fraction of sp³-hybridized carbons (Fsp3) is 0.278. The van der Waals surface area contributed by atoms with Gasteiger partial charge in [0.1, 0.15) is 6.67 Å². The molecule has 0 N–H and O–H groups in total. The van der Waals surface area contributed by atoms with Crippen LogP contribution in [0.15, 0.2) is 109 Å². The fourth-order valence-corrected chi connectivity index (χ4v) is 5.54. The van der Waals surface area contributed by atoms with E-state index in [9.17, 15) is 0 Å². The molecule has 4 heteroatoms. The first kappa shape index (κ1) is 26.1. The second kappa shape index (κ2) is 9.78. The summed E-state index contributed by atoms with van der Waals surface area (Å²) < 4.78 is 0. The molecule has 0 saturated carbocycles. The Morgan fingerprint density at radius 2 is 0.925 bits per heavy atom. The van der Waals surface area contributed by atoms with Gasteiger partial charge in [-0.3, -0.25) is 0 Å². The number of para-hydroxylation sites is 2. The monoisotopic (exact) mass is 528 g/mol. The van der Waals surface area contributed by atoms with Crippen molar-refractivity contribution >= 4 is 34.1 Å². The normalized spacial score (nSPS) is 15.2. The molecule has 2 heterocycles. The maximum atomic E-state index is 2.42. The second-order valence-corrected chi connectivity index (χ2v) is 13.0. The van der Waals surface area contributed by atoms with Crippen molar-refractivity contribution in [2.75, 3.05) is 32.9 Å². The first-order chi connectivity index (χ1) is 19.1. The summed E-state index contributed by atoms with van der Waals surface area (Å²) in [7, 11) is 0. The van der Waals surface area contributed by atoms with Crippen molar-refractivity contribution in [1.29, 1.82) is 0 Å². The third-order valence-corrected chi connectivity index (χ3v) is 8.06. The van der Waals surface area contributed by atoms with Crippen LogP contribution in [-0.4, -0.2) is 13.3 Å². The summed E-state index contributed by atoms with van der Waals surface area (Å²) in [6.07, 6.45) is 4.35. The maximum absolute atomic E-state index is 2.42. The highest BCUT2D eigenvalue weighted by Crippen LogP contribution is 2.45. The van der Waals surface area contributed by atoms with E-state index < -0.39 is 0 Å². The molecule has 0 saturated heterocycles. The summed E-state index contributed by atoms with van der Waals surface area (Å²) in [6, 6.07) is 35.6. The summed E-state index contributed by atoms with van der Waals surface area (Å²) in [4.78, 5) is 9.44. The van der Waals surface area contributed by atoms with Gasteiger partial charge < -0.3 is 19.6 Å². The molecule has 4 aromatic carbocycles. The van der Waals surface area contributed by atoms with E-state index >= 15 is 0 Å². The van der Waals surface area contributed by atoms with Gasteiger partial charge in [-0.1, -0.05) is 84.0 Å². The molecule has 0 aromatic heterocycles. The van der Waals surface area contributed by atoms with Gasteiger partial charge in [0.25, 0.3) is 0 Å². The van der Waals surface area contributed by atoms with Crippen LogP contribution in [-0.2, 0) is 10.8 Å². The number of nitrogens with zero attached hydrogens (tertiary/aromatic N) is 4. The van der Waals surface area contributed by atoms with Gasteiger partial charge in [-0.25, -0.2) is 0 Å². The van der Waals surface area contributed by atoms with Crippen LogP contribution in [0.2, 0.25) is 0 Å². The van der Waals surface area contributed by atoms with E-state index in [1.807, 2.05) is 0 Å². The first-order valence-corrected chi connectivity index (χ1v) is 14.2. The zero-order valence-electron chi connectivity index (χ0n) is 24.6. The molecule has 0 aliphatic carbocycles. The van der Waals surface area contributed by atoms with Crippen LogP contribution >= 0.6 is 0 Å². The third kappa shape index (κ3) is 4.95. The molecule has 4 nitrogen and oxygen atoms in total. The van der Waals surface area contributed by atoms with E-state index in [2.05, 4.69) is 171 Å². The fourth-order valence-electron chi connectivity index (χ4n) is 5.54. The molecular weight excluding hydrogens is 488 g/mol. The van der Waals surface area contributed by atoms with Gasteiger partial charge in [-0.05, 0) is 76.6 Å². The molecule has 0 atom stereocenters. The minimum atomic E-state index is 0.142. The molecule has 0 fully saturated rings. The van der Waals surface area contributed by atoms with Crippen LogP contribution in [0.4, 0.5) is 34.1 Å². The molecule has 2 aliphatic heterocycles. The van der Waals surface area contributed by atoms with Gasteiger partial charge in [-0.2, -0.15) is 0 Å². The Morgan fingerprint density at radius 3 is 1.48 bits per heavy atom. The molecular formula is C36H40N4. The Bertz CT molecular complexity index is 1520. The van der Waals surface area contributed by atoms with E-state index in [1.54, 1.807) is 0 Å². The van der Waals surface area contributed by atoms with Crippen molar-refractivity contribution in [2.45, 2.75) is 52.4 Å². The SMILES string of the molecule is CC(C)(C)c1ccc(N2C=CN(c3cccc(N4CN(c5ccc(C(C)(C)C)cc5)c5ccccc54)c3)C2)cc1. The Morgan fingerprint density at radius 1 is 0.450 bits per heavy atom. The van der Waals surface area contributed by atoms with E-state index in [4.69, 9.17) is 0 Å². The maximum Gasteiger partial charge on any atom is 0.100 e. The predicted octanol–water partition coefficient (Wildman–Crippen LogP) is 9.28. The van der Waals surface area contributed by atoms with Gasteiger partial charge in [0.05, 0.1) is 18.0 Å². The van der Waals surface area contributed by atoms with E-state index in [0.717, 1.165) is 13.3 Å². The zero-order chi connectivity index (χ0) is 28.1. The minimum Gasteiger partial charge on any atom is -0.328 e. The summed E-state index contributed by atoms with van der Waals surface area (Å²) in [5, 5.41) is 0. The lowest BCUT2D eigenvalue weighted by molar-refractivity contribution is 0.590. The number of hydrogen-bond acceptors (Lipinski definition) is 4. The predicted molar refractivity (Wildman–Crippen MR) is 171 cm³/mol. The van der Waals surface area contributed by atoms with Crippen molar-refractivity contribution in [3.63, 3.8) is 0 Å². The van der Waals surface area contributed by atoms with E-state index in [1.165, 1.54) is 45.3 Å². The van der Waals surface area contributed by atoms with Crippen LogP contribution in [0.1, 0.15) is 52.7 Å². The standard InChI is InChI=1S/C36H40N4/c1-35(2,3)27-14-18-29(19-15-27)37-22-23-38(25-37)31-10-9-11-32(24-31)40-26-39(33-12-7-8-13-34(33)40)30-20-16-28(17-21-30)36(4,5)6/h7-24H,25-26H2,1-6H3. The average molecular weight is 529 g/mol. The quantitative estimate of drug-likeness (QED) is 0.262. The Hall–Kier alpha value is -4.18. The Balaban J connectivity index is 1.22. The molecule has 40 heavy (non-hydrogen) atoms. The highest BCUT2D eigenvalue weighted by Gasteiger charge is 2.28. The first-order valence-electron chi connectivity index (χ1n) is 14.2. The highest BCUT2D eigenvalue weighted by atomic mass is 15.4. The van der Waals surface area contributed by atoms with Gasteiger partial charge >= 0.3 is 0 Å². The van der Waals surface area contributed by atoms with Crippen molar-refractivity contribution in [1.82, 2.24) is 0 Å². The molecule has 6 rings (SSSR count). The molecule has 0 unspecified atom stereocenters. The summed E-state index contributed by atoms with van der Waals surface area (Å²) in [5.74, 6) is 0. The molecule has 0 radical (unpaired) electrons. The molecule has 0 amide bonds. The Kier molecular flexibility index (Phi) is 6.37. The molecule has 0 bridgehead atoms. The number of hydrogen-bond donors (Lipinski definition) is 0. The van der Waals surface area contributed by atoms with Gasteiger partial charge in [0, 0.05) is 35.1 Å². The number of anilines is 6. The summed E-state index contributed by atoms with van der Waals surface area (Å²) >= 11 is 0. The van der Waals surface area contributed by atoms with Crippen molar-refractivity contribution in [3.8, 4) is 0 Å². The zero-order valence-corrected chi connectivity index (χ0v) is 24.6. The van der Waals surface area contributed by atoms with Gasteiger partial charge in [0.15, 0.2) is 0 Å². The van der Waals surface area contributed by atoms with E-state index in [-0.39, 0.29) is 10.8 Å². The minimum absolute atomic E-state index is 0.142. The van der Waals surface area contributed by atoms with E-state index in [0.29, 0.717) is 0 Å². The Labute approximate surface area is 239 Å².